The summed E-state index contributed by atoms with van der Waals surface area (Å²) in [4.78, 5) is 0. The van der Waals surface area contributed by atoms with Crippen molar-refractivity contribution in [3.63, 3.8) is 0 Å². The van der Waals surface area contributed by atoms with Gasteiger partial charge in [0.2, 0.25) is 0 Å². The summed E-state index contributed by atoms with van der Waals surface area (Å²) in [5.74, 6) is 0. The molecule has 29 heavy (non-hydrogen) atoms. The van der Waals surface area contributed by atoms with Gasteiger partial charge in [0.15, 0.2) is 0 Å². The number of hydrogen-bond acceptors (Lipinski definition) is 6. The lowest BCUT2D eigenvalue weighted by atomic mass is 9.87. The molecule has 0 bridgehead atoms. The topological polar surface area (TPSA) is 110 Å². The van der Waals surface area contributed by atoms with Crippen molar-refractivity contribution in [3.05, 3.63) is 69.2 Å². The molecular formula is C22H27ClO6. The van der Waals surface area contributed by atoms with E-state index in [1.54, 1.807) is 0 Å². The van der Waals surface area contributed by atoms with Crippen LogP contribution in [-0.4, -0.2) is 56.6 Å². The van der Waals surface area contributed by atoms with Crippen LogP contribution < -0.4 is 0 Å². The van der Waals surface area contributed by atoms with Gasteiger partial charge in [-0.15, -0.1) is 0 Å². The Kier molecular flexibility index (Phi) is 6.40. The van der Waals surface area contributed by atoms with E-state index in [1.807, 2.05) is 24.3 Å². The van der Waals surface area contributed by atoms with Crippen molar-refractivity contribution in [3.8, 4) is 0 Å². The predicted octanol–water partition coefficient (Wildman–Crippen LogP) is 1.50. The van der Waals surface area contributed by atoms with E-state index in [0.717, 1.165) is 12.0 Å². The van der Waals surface area contributed by atoms with Crippen LogP contribution >= 0.6 is 11.6 Å². The number of aryl methyl sites for hydroxylation is 1. The molecule has 0 amide bonds. The maximum atomic E-state index is 10.5. The smallest absolute Gasteiger partial charge is 0.113 e. The van der Waals surface area contributed by atoms with Crippen molar-refractivity contribution < 1.29 is 33.0 Å². The molecule has 158 valence electrons. The maximum absolute atomic E-state index is 10.5. The molecule has 0 unspecified atom stereocenters. The standard InChI is InChI=1S/C22H27ClO6/c1-2-12-3-5-13(6-4-12)7-14-8-16(15(10-24)9-17(14)23)22-21(28)20(27)19(26)18(11-25)29-22/h3-6,8-9,18-22,24-28H,2,7,10-11H2,1H3/t18-,19-,20+,21-,22+/m1/s1/i10D2. The van der Waals surface area contributed by atoms with E-state index < -0.39 is 43.7 Å². The second-order valence-electron chi connectivity index (χ2n) is 7.24. The van der Waals surface area contributed by atoms with Crippen molar-refractivity contribution in [1.29, 1.82) is 0 Å². The van der Waals surface area contributed by atoms with Gasteiger partial charge in [-0.1, -0.05) is 48.9 Å². The summed E-state index contributed by atoms with van der Waals surface area (Å²) in [5.41, 5.74) is 2.59. The number of aliphatic hydroxyl groups is 5. The van der Waals surface area contributed by atoms with Gasteiger partial charge in [0.05, 0.1) is 15.9 Å². The molecule has 0 spiro atoms. The molecule has 2 aromatic rings. The van der Waals surface area contributed by atoms with Gasteiger partial charge in [-0.2, -0.15) is 0 Å². The van der Waals surface area contributed by atoms with E-state index in [2.05, 4.69) is 6.92 Å². The second-order valence-corrected chi connectivity index (χ2v) is 7.65. The molecule has 7 heteroatoms. The van der Waals surface area contributed by atoms with Crippen LogP contribution in [0.1, 0.15) is 43.6 Å². The van der Waals surface area contributed by atoms with Crippen LogP contribution in [0.25, 0.3) is 0 Å². The van der Waals surface area contributed by atoms with Crippen LogP contribution in [0.3, 0.4) is 0 Å². The van der Waals surface area contributed by atoms with Crippen molar-refractivity contribution >= 4 is 11.6 Å². The van der Waals surface area contributed by atoms with Crippen LogP contribution in [0.15, 0.2) is 36.4 Å². The van der Waals surface area contributed by atoms with Gasteiger partial charge in [-0.05, 0) is 46.7 Å². The van der Waals surface area contributed by atoms with Crippen LogP contribution in [0.2, 0.25) is 5.02 Å². The third kappa shape index (κ3) is 4.64. The molecule has 3 rings (SSSR count). The zero-order valence-electron chi connectivity index (χ0n) is 18.0. The van der Waals surface area contributed by atoms with E-state index in [-0.39, 0.29) is 16.1 Å². The Labute approximate surface area is 177 Å². The summed E-state index contributed by atoms with van der Waals surface area (Å²) >= 11 is 6.39. The van der Waals surface area contributed by atoms with Crippen LogP contribution in [0.5, 0.6) is 0 Å². The normalized spacial score (nSPS) is 28.7. The van der Waals surface area contributed by atoms with Crippen molar-refractivity contribution in [2.45, 2.75) is 56.8 Å². The SMILES string of the molecule is [2H]C([2H])(O)c1cc(Cl)c(Cc2ccc(CC)cc2)cc1[C@@H]1O[C@H](CO)[C@@H](O)[C@H](O)[C@H]1O. The molecule has 6 nitrogen and oxygen atoms in total. The number of halogens is 1. The highest BCUT2D eigenvalue weighted by Crippen LogP contribution is 2.36. The Morgan fingerprint density at radius 2 is 1.62 bits per heavy atom. The number of ether oxygens (including phenoxy) is 1. The predicted molar refractivity (Wildman–Crippen MR) is 109 cm³/mol. The van der Waals surface area contributed by atoms with E-state index in [0.29, 0.717) is 12.0 Å². The zero-order chi connectivity index (χ0) is 22.9. The minimum atomic E-state index is -2.81. The van der Waals surface area contributed by atoms with Gasteiger partial charge in [-0.3, -0.25) is 0 Å². The molecule has 1 saturated heterocycles. The van der Waals surface area contributed by atoms with E-state index in [1.165, 1.54) is 17.7 Å². The lowest BCUT2D eigenvalue weighted by Crippen LogP contribution is -2.55. The summed E-state index contributed by atoms with van der Waals surface area (Å²) in [6.45, 7) is -1.37. The molecule has 5 atom stereocenters. The first-order valence-electron chi connectivity index (χ1n) is 10.5. The summed E-state index contributed by atoms with van der Waals surface area (Å²) in [6.07, 6.45) is -5.95. The molecule has 2 aromatic carbocycles. The number of hydrogen-bond donors (Lipinski definition) is 5. The maximum Gasteiger partial charge on any atom is 0.113 e. The van der Waals surface area contributed by atoms with E-state index in [9.17, 15) is 25.5 Å². The fraction of sp³-hybridized carbons (Fsp3) is 0.455. The van der Waals surface area contributed by atoms with Crippen LogP contribution in [0, 0.1) is 0 Å². The minimum absolute atomic E-state index is 0.0778. The first-order valence-corrected chi connectivity index (χ1v) is 9.88. The number of rotatable bonds is 6. The minimum Gasteiger partial charge on any atom is -0.394 e. The largest absolute Gasteiger partial charge is 0.394 e. The second kappa shape index (κ2) is 9.53. The van der Waals surface area contributed by atoms with E-state index in [4.69, 9.17) is 19.1 Å². The summed E-state index contributed by atoms with van der Waals surface area (Å²) < 4.78 is 21.2. The van der Waals surface area contributed by atoms with Gasteiger partial charge >= 0.3 is 0 Å². The molecule has 1 heterocycles. The molecule has 0 aliphatic carbocycles. The molecule has 0 radical (unpaired) electrons. The first kappa shape index (κ1) is 19.5. The van der Waals surface area contributed by atoms with Gasteiger partial charge in [0, 0.05) is 5.02 Å². The fourth-order valence-electron chi connectivity index (χ4n) is 3.58. The highest BCUT2D eigenvalue weighted by molar-refractivity contribution is 6.31. The van der Waals surface area contributed by atoms with Crippen LogP contribution in [-0.2, 0) is 24.1 Å². The van der Waals surface area contributed by atoms with Crippen molar-refractivity contribution in [2.24, 2.45) is 0 Å². The average Bonchev–Trinajstić information content (AvgIpc) is 2.73. The molecule has 0 saturated carbocycles. The summed E-state index contributed by atoms with van der Waals surface area (Å²) in [7, 11) is 0. The van der Waals surface area contributed by atoms with E-state index >= 15 is 0 Å². The van der Waals surface area contributed by atoms with Crippen LogP contribution in [0.4, 0.5) is 0 Å². The van der Waals surface area contributed by atoms with Gasteiger partial charge < -0.3 is 30.3 Å². The first-order chi connectivity index (χ1) is 14.6. The number of benzene rings is 2. The molecule has 1 aliphatic rings. The Morgan fingerprint density at radius 1 is 0.966 bits per heavy atom. The van der Waals surface area contributed by atoms with Gasteiger partial charge in [-0.25, -0.2) is 0 Å². The summed E-state index contributed by atoms with van der Waals surface area (Å²) in [6, 6.07) is 10.7. The molecule has 5 N–H and O–H groups in total. The molecular weight excluding hydrogens is 396 g/mol. The molecule has 1 fully saturated rings. The Hall–Kier alpha value is -1.51. The Bertz CT molecular complexity index is 900. The molecule has 0 aromatic heterocycles. The van der Waals surface area contributed by atoms with Gasteiger partial charge in [0.1, 0.15) is 30.5 Å². The van der Waals surface area contributed by atoms with Crippen molar-refractivity contribution in [2.75, 3.05) is 6.61 Å². The van der Waals surface area contributed by atoms with Crippen molar-refractivity contribution in [1.82, 2.24) is 0 Å². The lowest BCUT2D eigenvalue weighted by molar-refractivity contribution is -0.232. The fourth-order valence-corrected chi connectivity index (χ4v) is 3.81. The quantitative estimate of drug-likeness (QED) is 0.480. The Morgan fingerprint density at radius 3 is 2.21 bits per heavy atom. The highest BCUT2D eigenvalue weighted by atomic mass is 35.5. The Balaban J connectivity index is 2.05. The van der Waals surface area contributed by atoms with Gasteiger partial charge in [0.25, 0.3) is 0 Å². The zero-order valence-corrected chi connectivity index (χ0v) is 16.8. The lowest BCUT2D eigenvalue weighted by Gasteiger charge is -2.41. The third-order valence-electron chi connectivity index (χ3n) is 5.36. The summed E-state index contributed by atoms with van der Waals surface area (Å²) in [5, 5.41) is 50.5. The average molecular weight is 425 g/mol. The highest BCUT2D eigenvalue weighted by Gasteiger charge is 2.44. The third-order valence-corrected chi connectivity index (χ3v) is 5.72. The molecule has 1 aliphatic heterocycles. The number of aliphatic hydroxyl groups excluding tert-OH is 4. The monoisotopic (exact) mass is 424 g/mol.